The van der Waals surface area contributed by atoms with Gasteiger partial charge in [-0.05, 0) is 30.1 Å². The van der Waals surface area contributed by atoms with E-state index < -0.39 is 0 Å². The molecule has 0 amide bonds. The highest BCUT2D eigenvalue weighted by molar-refractivity contribution is 9.10. The second-order valence-corrected chi connectivity index (χ2v) is 6.68. The van der Waals surface area contributed by atoms with E-state index in [0.29, 0.717) is 17.1 Å². The largest absolute Gasteiger partial charge is 0.308 e. The van der Waals surface area contributed by atoms with Crippen molar-refractivity contribution < 1.29 is 0 Å². The number of benzene rings is 1. The number of hydrogen-bond acceptors (Lipinski definition) is 4. The monoisotopic (exact) mass is 363 g/mol. The zero-order valence-corrected chi connectivity index (χ0v) is 13.9. The number of rotatable bonds is 4. The Morgan fingerprint density at radius 3 is 2.90 bits per heavy atom. The van der Waals surface area contributed by atoms with Gasteiger partial charge in [0.1, 0.15) is 10.5 Å². The third-order valence-electron chi connectivity index (χ3n) is 3.18. The summed E-state index contributed by atoms with van der Waals surface area (Å²) in [5, 5.41) is 1.89. The Kier molecular flexibility index (Phi) is 4.19. The SMILES string of the molecule is CN(Cc1nc2ccsc2c(=O)[nH]1)Cc1ccccc1Br. The van der Waals surface area contributed by atoms with Gasteiger partial charge >= 0.3 is 0 Å². The molecule has 0 radical (unpaired) electrons. The molecular weight excluding hydrogens is 350 g/mol. The van der Waals surface area contributed by atoms with Crippen molar-refractivity contribution in [1.82, 2.24) is 14.9 Å². The number of halogens is 1. The Balaban J connectivity index is 1.78. The van der Waals surface area contributed by atoms with E-state index in [1.807, 2.05) is 36.7 Å². The average Bonchev–Trinajstić information content (AvgIpc) is 2.90. The van der Waals surface area contributed by atoms with Crippen LogP contribution in [0.3, 0.4) is 0 Å². The average molecular weight is 364 g/mol. The van der Waals surface area contributed by atoms with Gasteiger partial charge in [-0.3, -0.25) is 9.69 Å². The molecule has 0 fully saturated rings. The Morgan fingerprint density at radius 1 is 1.29 bits per heavy atom. The maximum atomic E-state index is 11.9. The minimum absolute atomic E-state index is 0.0562. The molecule has 6 heteroatoms. The first-order valence-electron chi connectivity index (χ1n) is 6.52. The standard InChI is InChI=1S/C15H14BrN3OS/c1-19(8-10-4-2-3-5-11(10)16)9-13-17-12-6-7-21-14(12)15(20)18-13/h2-7H,8-9H2,1H3,(H,17,18,20). The second-order valence-electron chi connectivity index (χ2n) is 4.91. The topological polar surface area (TPSA) is 49.0 Å². The fourth-order valence-corrected chi connectivity index (χ4v) is 3.36. The fraction of sp³-hybridized carbons (Fsp3) is 0.200. The Hall–Kier alpha value is -1.50. The fourth-order valence-electron chi connectivity index (χ4n) is 2.23. The summed E-state index contributed by atoms with van der Waals surface area (Å²) in [6.45, 7) is 1.38. The maximum absolute atomic E-state index is 11.9. The second kappa shape index (κ2) is 6.09. The normalized spacial score (nSPS) is 11.4. The summed E-state index contributed by atoms with van der Waals surface area (Å²) in [6.07, 6.45) is 0. The van der Waals surface area contributed by atoms with Gasteiger partial charge in [-0.15, -0.1) is 11.3 Å². The minimum atomic E-state index is -0.0562. The van der Waals surface area contributed by atoms with Crippen LogP contribution in [0, 0.1) is 0 Å². The molecule has 1 N–H and O–H groups in total. The Morgan fingerprint density at radius 2 is 2.10 bits per heavy atom. The smallest absolute Gasteiger partial charge is 0.268 e. The molecular formula is C15H14BrN3OS. The van der Waals surface area contributed by atoms with E-state index in [0.717, 1.165) is 16.5 Å². The summed E-state index contributed by atoms with van der Waals surface area (Å²) in [6, 6.07) is 10.0. The predicted octanol–water partition coefficient (Wildman–Crippen LogP) is 3.38. The molecule has 21 heavy (non-hydrogen) atoms. The molecule has 0 spiro atoms. The van der Waals surface area contributed by atoms with Crippen molar-refractivity contribution in [3.8, 4) is 0 Å². The van der Waals surface area contributed by atoms with Crippen molar-refractivity contribution in [3.63, 3.8) is 0 Å². The number of hydrogen-bond donors (Lipinski definition) is 1. The van der Waals surface area contributed by atoms with Gasteiger partial charge in [0.05, 0.1) is 12.1 Å². The van der Waals surface area contributed by atoms with E-state index in [1.165, 1.54) is 16.9 Å². The molecule has 0 bridgehead atoms. The number of nitrogens with zero attached hydrogens (tertiary/aromatic N) is 2. The van der Waals surface area contributed by atoms with Crippen LogP contribution in [0.1, 0.15) is 11.4 Å². The lowest BCUT2D eigenvalue weighted by Crippen LogP contribution is -2.21. The minimum Gasteiger partial charge on any atom is -0.308 e. The number of aromatic nitrogens is 2. The molecule has 3 aromatic rings. The zero-order chi connectivity index (χ0) is 14.8. The zero-order valence-electron chi connectivity index (χ0n) is 11.5. The lowest BCUT2D eigenvalue weighted by Gasteiger charge is -2.16. The number of aromatic amines is 1. The molecule has 2 heterocycles. The van der Waals surface area contributed by atoms with E-state index in [2.05, 4.69) is 36.9 Å². The summed E-state index contributed by atoms with van der Waals surface area (Å²) in [5.74, 6) is 0.695. The van der Waals surface area contributed by atoms with Crippen molar-refractivity contribution >= 4 is 37.5 Å². The molecule has 0 aliphatic rings. The number of thiophene rings is 1. The Bertz CT molecular complexity index is 827. The molecule has 108 valence electrons. The van der Waals surface area contributed by atoms with E-state index in [4.69, 9.17) is 0 Å². The van der Waals surface area contributed by atoms with E-state index in [-0.39, 0.29) is 5.56 Å². The molecule has 0 aliphatic heterocycles. The van der Waals surface area contributed by atoms with Crippen molar-refractivity contribution in [2.75, 3.05) is 7.05 Å². The van der Waals surface area contributed by atoms with Crippen LogP contribution < -0.4 is 5.56 Å². The molecule has 3 rings (SSSR count). The summed E-state index contributed by atoms with van der Waals surface area (Å²) in [5.41, 5.74) is 1.92. The molecule has 0 unspecified atom stereocenters. The van der Waals surface area contributed by atoms with Crippen molar-refractivity contribution in [2.24, 2.45) is 0 Å². The van der Waals surface area contributed by atoms with Gasteiger partial charge in [0.2, 0.25) is 0 Å². The Labute approximate surface area is 134 Å². The quantitative estimate of drug-likeness (QED) is 0.772. The highest BCUT2D eigenvalue weighted by Gasteiger charge is 2.09. The summed E-state index contributed by atoms with van der Waals surface area (Å²) >= 11 is 4.97. The summed E-state index contributed by atoms with van der Waals surface area (Å²) < 4.78 is 1.78. The third kappa shape index (κ3) is 3.23. The number of nitrogens with one attached hydrogen (secondary N) is 1. The van der Waals surface area contributed by atoms with Crippen LogP contribution in [0.25, 0.3) is 10.2 Å². The van der Waals surface area contributed by atoms with Crippen LogP contribution in [-0.2, 0) is 13.1 Å². The molecule has 0 aliphatic carbocycles. The lowest BCUT2D eigenvalue weighted by molar-refractivity contribution is 0.310. The van der Waals surface area contributed by atoms with E-state index in [1.54, 1.807) is 0 Å². The van der Waals surface area contributed by atoms with Crippen molar-refractivity contribution in [1.29, 1.82) is 0 Å². The van der Waals surface area contributed by atoms with Gasteiger partial charge in [-0.2, -0.15) is 0 Å². The molecule has 0 saturated carbocycles. The van der Waals surface area contributed by atoms with Crippen molar-refractivity contribution in [3.05, 3.63) is 61.9 Å². The van der Waals surface area contributed by atoms with Crippen LogP contribution >= 0.6 is 27.3 Å². The first-order chi connectivity index (χ1) is 10.1. The van der Waals surface area contributed by atoms with Crippen molar-refractivity contribution in [2.45, 2.75) is 13.1 Å². The van der Waals surface area contributed by atoms with Gasteiger partial charge in [0.25, 0.3) is 5.56 Å². The van der Waals surface area contributed by atoms with Crippen LogP contribution in [0.15, 0.2) is 45.0 Å². The van der Waals surface area contributed by atoms with Gasteiger partial charge in [0.15, 0.2) is 0 Å². The third-order valence-corrected chi connectivity index (χ3v) is 4.86. The molecule has 4 nitrogen and oxygen atoms in total. The van der Waals surface area contributed by atoms with Gasteiger partial charge < -0.3 is 4.98 Å². The first kappa shape index (κ1) is 14.4. The van der Waals surface area contributed by atoms with E-state index in [9.17, 15) is 4.79 Å². The number of H-pyrrole nitrogens is 1. The first-order valence-corrected chi connectivity index (χ1v) is 8.19. The van der Waals surface area contributed by atoms with Crippen LogP contribution in [0.5, 0.6) is 0 Å². The summed E-state index contributed by atoms with van der Waals surface area (Å²) in [7, 11) is 2.01. The van der Waals surface area contributed by atoms with Crippen LogP contribution in [-0.4, -0.2) is 21.9 Å². The van der Waals surface area contributed by atoms with Crippen LogP contribution in [0.4, 0.5) is 0 Å². The highest BCUT2D eigenvalue weighted by atomic mass is 79.9. The highest BCUT2D eigenvalue weighted by Crippen LogP contribution is 2.18. The maximum Gasteiger partial charge on any atom is 0.268 e. The molecule has 0 atom stereocenters. The summed E-state index contributed by atoms with van der Waals surface area (Å²) in [4.78, 5) is 21.4. The molecule has 2 aromatic heterocycles. The predicted molar refractivity (Wildman–Crippen MR) is 89.6 cm³/mol. The lowest BCUT2D eigenvalue weighted by atomic mass is 10.2. The molecule has 1 aromatic carbocycles. The van der Waals surface area contributed by atoms with E-state index >= 15 is 0 Å². The van der Waals surface area contributed by atoms with Gasteiger partial charge in [-0.1, -0.05) is 34.1 Å². The molecule has 0 saturated heterocycles. The number of fused-ring (bicyclic) bond motifs is 1. The van der Waals surface area contributed by atoms with Gasteiger partial charge in [0, 0.05) is 11.0 Å². The van der Waals surface area contributed by atoms with Gasteiger partial charge in [-0.25, -0.2) is 4.98 Å². The van der Waals surface area contributed by atoms with Crippen LogP contribution in [0.2, 0.25) is 0 Å².